The second-order valence-corrected chi connectivity index (χ2v) is 4.21. The van der Waals surface area contributed by atoms with Crippen LogP contribution in [0.4, 0.5) is 8.78 Å². The molecular weight excluding hydrogens is 292 g/mol. The number of carbonyl (C=O) groups is 2. The molecule has 0 amide bonds. The van der Waals surface area contributed by atoms with Crippen LogP contribution in [0.15, 0.2) is 0 Å². The number of hydrogen-bond donors (Lipinski definition) is 0. The third-order valence-electron chi connectivity index (χ3n) is 0.656. The van der Waals surface area contributed by atoms with Crippen LogP contribution in [0.25, 0.3) is 0 Å². The molecule has 0 radical (unpaired) electrons. The van der Waals surface area contributed by atoms with Gasteiger partial charge in [-0.2, -0.15) is 8.78 Å². The van der Waals surface area contributed by atoms with E-state index in [1.807, 2.05) is 0 Å². The van der Waals surface area contributed by atoms with Crippen LogP contribution in [0.5, 0.6) is 0 Å². The van der Waals surface area contributed by atoms with Crippen molar-refractivity contribution >= 4 is 58.3 Å². The van der Waals surface area contributed by atoms with Gasteiger partial charge in [-0.15, -0.1) is 0 Å². The van der Waals surface area contributed by atoms with E-state index in [2.05, 4.69) is 56.2 Å². The molecule has 0 aliphatic heterocycles. The smallest absolute Gasteiger partial charge is 0.240 e. The van der Waals surface area contributed by atoms with Crippen LogP contribution in [0, 0.1) is 0 Å². The Morgan fingerprint density at radius 2 is 1.07 bits per heavy atom. The van der Waals surface area contributed by atoms with E-state index in [4.69, 9.17) is 0 Å². The molecule has 0 aromatic carbocycles. The van der Waals surface area contributed by atoms with Crippen LogP contribution in [-0.4, -0.2) is 21.1 Å². The summed E-state index contributed by atoms with van der Waals surface area (Å²) < 4.78 is 17.6. The van der Waals surface area contributed by atoms with Gasteiger partial charge in [0.05, 0.1) is 0 Å². The van der Waals surface area contributed by atoms with Crippen LogP contribution in [0.3, 0.4) is 0 Å². The topological polar surface area (TPSA) is 52.6 Å². The fraction of sp³-hybridized carbons (Fsp3) is 0.500. The van der Waals surface area contributed by atoms with Crippen molar-refractivity contribution in [1.29, 1.82) is 0 Å². The average Bonchev–Trinajstić information content (AvgIpc) is 1.95. The van der Waals surface area contributed by atoms with Crippen molar-refractivity contribution in [2.45, 2.75) is 9.17 Å². The highest BCUT2D eigenvalue weighted by Gasteiger charge is 2.41. The molecule has 0 unspecified atom stereocenters. The summed E-state index contributed by atoms with van der Waals surface area (Å²) in [5, 5.41) is 0. The van der Waals surface area contributed by atoms with Crippen molar-refractivity contribution in [3.8, 4) is 0 Å². The molecule has 82 valence electrons. The maximum Gasteiger partial charge on any atom is 0.423 e. The molecule has 0 fully saturated rings. The summed E-state index contributed by atoms with van der Waals surface area (Å²) in [5.74, 6) is -3.96. The zero-order valence-corrected chi connectivity index (χ0v) is 8.92. The van der Waals surface area contributed by atoms with Gasteiger partial charge in [0.25, 0.3) is 0 Å². The predicted octanol–water partition coefficient (Wildman–Crippen LogP) is 2.19. The Kier molecular flexibility index (Phi) is 4.64. The Morgan fingerprint density at radius 3 is 1.21 bits per heavy atom. The van der Waals surface area contributed by atoms with Gasteiger partial charge in [-0.3, -0.25) is 0 Å². The van der Waals surface area contributed by atoms with E-state index in [0.29, 0.717) is 0 Å². The van der Waals surface area contributed by atoms with Crippen LogP contribution < -0.4 is 0 Å². The van der Waals surface area contributed by atoms with E-state index in [1.165, 1.54) is 0 Å². The highest BCUT2D eigenvalue weighted by Crippen LogP contribution is 2.26. The maximum absolute atomic E-state index is 12.2. The van der Waals surface area contributed by atoms with Gasteiger partial charge in [0.2, 0.25) is 0 Å². The lowest BCUT2D eigenvalue weighted by Gasteiger charge is -2.09. The monoisotopic (exact) mass is 290 g/mol. The number of halogens is 6. The summed E-state index contributed by atoms with van der Waals surface area (Å²) in [5.41, 5.74) is 0. The minimum atomic E-state index is -3.43. The van der Waals surface area contributed by atoms with Crippen molar-refractivity contribution in [2.24, 2.45) is 0 Å². The molecule has 0 aliphatic carbocycles. The SMILES string of the molecule is O=C(OOC(=O)C(F)(Cl)Cl)C(F)(Cl)Cl. The number of hydrogen-bond acceptors (Lipinski definition) is 4. The van der Waals surface area contributed by atoms with E-state index in [0.717, 1.165) is 0 Å². The molecule has 0 saturated carbocycles. The van der Waals surface area contributed by atoms with Gasteiger partial charge in [-0.05, 0) is 0 Å². The van der Waals surface area contributed by atoms with Gasteiger partial charge in [-0.1, -0.05) is 46.4 Å². The Bertz CT molecular complexity index is 219. The highest BCUT2D eigenvalue weighted by atomic mass is 35.5. The van der Waals surface area contributed by atoms with Crippen LogP contribution in [-0.2, 0) is 19.4 Å². The largest absolute Gasteiger partial charge is 0.423 e. The Labute approximate surface area is 95.9 Å². The highest BCUT2D eigenvalue weighted by molar-refractivity contribution is 6.56. The van der Waals surface area contributed by atoms with Crippen molar-refractivity contribution in [3.05, 3.63) is 0 Å². The first-order chi connectivity index (χ1) is 6.05. The van der Waals surface area contributed by atoms with Gasteiger partial charge in [0.15, 0.2) is 0 Å². The molecule has 4 nitrogen and oxygen atoms in total. The molecule has 0 aromatic rings. The average molecular weight is 292 g/mol. The quantitative estimate of drug-likeness (QED) is 0.445. The normalized spacial score (nSPS) is 12.1. The first-order valence-electron chi connectivity index (χ1n) is 2.62. The number of rotatable bonds is 2. The Hall–Kier alpha value is -0.0400. The Morgan fingerprint density at radius 1 is 0.857 bits per heavy atom. The summed E-state index contributed by atoms with van der Waals surface area (Å²) in [6, 6.07) is 0. The van der Waals surface area contributed by atoms with E-state index >= 15 is 0 Å². The fourth-order valence-electron chi connectivity index (χ4n) is 0.170. The minimum absolute atomic E-state index is 1.98. The first kappa shape index (κ1) is 14.0. The molecule has 0 saturated heterocycles. The summed E-state index contributed by atoms with van der Waals surface area (Å²) in [6.07, 6.45) is 0. The molecule has 0 aromatic heterocycles. The first-order valence-corrected chi connectivity index (χ1v) is 4.13. The number of alkyl halides is 6. The zero-order chi connectivity index (χ0) is 11.6. The van der Waals surface area contributed by atoms with Gasteiger partial charge >= 0.3 is 21.1 Å². The fourth-order valence-corrected chi connectivity index (χ4v) is 0.296. The van der Waals surface area contributed by atoms with Gasteiger partial charge in [0, 0.05) is 0 Å². The molecule has 0 atom stereocenters. The van der Waals surface area contributed by atoms with Gasteiger partial charge in [0.1, 0.15) is 0 Å². The molecule has 0 rings (SSSR count). The lowest BCUT2D eigenvalue weighted by atomic mass is 10.7. The van der Waals surface area contributed by atoms with Crippen molar-refractivity contribution in [2.75, 3.05) is 0 Å². The third kappa shape index (κ3) is 4.99. The summed E-state index contributed by atoms with van der Waals surface area (Å²) >= 11 is 18.2. The lowest BCUT2D eigenvalue weighted by molar-refractivity contribution is -0.264. The molecule has 14 heavy (non-hydrogen) atoms. The number of carbonyl (C=O) groups excluding carboxylic acids is 2. The van der Waals surface area contributed by atoms with Gasteiger partial charge in [-0.25, -0.2) is 19.4 Å². The van der Waals surface area contributed by atoms with Crippen LogP contribution in [0.2, 0.25) is 0 Å². The molecular formula is C4Cl4F2O4. The molecule has 0 N–H and O–H groups in total. The lowest BCUT2D eigenvalue weighted by Crippen LogP contribution is -2.29. The second kappa shape index (κ2) is 4.65. The minimum Gasteiger partial charge on any atom is -0.240 e. The molecule has 0 spiro atoms. The van der Waals surface area contributed by atoms with E-state index < -0.39 is 21.1 Å². The zero-order valence-electron chi connectivity index (χ0n) is 5.90. The van der Waals surface area contributed by atoms with E-state index in [-0.39, 0.29) is 0 Å². The van der Waals surface area contributed by atoms with Crippen molar-refractivity contribution in [3.63, 3.8) is 0 Å². The summed E-state index contributed by atoms with van der Waals surface area (Å²) in [6.45, 7) is 0. The summed E-state index contributed by atoms with van der Waals surface area (Å²) in [7, 11) is 0. The second-order valence-electron chi connectivity index (χ2n) is 1.74. The summed E-state index contributed by atoms with van der Waals surface area (Å²) in [4.78, 5) is 27.4. The van der Waals surface area contributed by atoms with Crippen LogP contribution in [0.1, 0.15) is 0 Å². The molecule has 10 heteroatoms. The van der Waals surface area contributed by atoms with Crippen LogP contribution >= 0.6 is 46.4 Å². The van der Waals surface area contributed by atoms with Crippen molar-refractivity contribution < 1.29 is 28.1 Å². The Balaban J connectivity index is 4.10. The van der Waals surface area contributed by atoms with E-state index in [9.17, 15) is 18.4 Å². The third-order valence-corrected chi connectivity index (χ3v) is 1.27. The van der Waals surface area contributed by atoms with Gasteiger partial charge < -0.3 is 0 Å². The van der Waals surface area contributed by atoms with E-state index in [1.54, 1.807) is 0 Å². The maximum atomic E-state index is 12.2. The molecule has 0 bridgehead atoms. The molecule has 0 aliphatic rings. The predicted molar refractivity (Wildman–Crippen MR) is 43.3 cm³/mol. The molecule has 0 heterocycles. The van der Waals surface area contributed by atoms with Crippen molar-refractivity contribution in [1.82, 2.24) is 0 Å². The standard InChI is InChI=1S/C4Cl4F2O4/c5-3(6,9)1(11)13-14-2(12)4(7,8)10.